The van der Waals surface area contributed by atoms with E-state index in [1.54, 1.807) is 37.3 Å². The van der Waals surface area contributed by atoms with Crippen LogP contribution in [-0.4, -0.2) is 31.6 Å². The highest BCUT2D eigenvalue weighted by molar-refractivity contribution is 5.94. The fourth-order valence-electron chi connectivity index (χ4n) is 1.63. The second-order valence-corrected chi connectivity index (χ2v) is 4.29. The number of amides is 1. The molecule has 21 heavy (non-hydrogen) atoms. The molecule has 0 saturated carbocycles. The highest BCUT2D eigenvalue weighted by atomic mass is 16.5. The van der Waals surface area contributed by atoms with Crippen LogP contribution in [0.2, 0.25) is 0 Å². The summed E-state index contributed by atoms with van der Waals surface area (Å²) in [5, 5.41) is 2.76. The van der Waals surface area contributed by atoms with Gasteiger partial charge in [-0.15, -0.1) is 0 Å². The van der Waals surface area contributed by atoms with Crippen molar-refractivity contribution in [3.05, 3.63) is 42.5 Å². The average molecular weight is 291 g/mol. The number of benzene rings is 1. The molecule has 0 spiro atoms. The molecule has 0 atom stereocenters. The number of esters is 1. The van der Waals surface area contributed by atoms with E-state index in [1.165, 1.54) is 0 Å². The molecular weight excluding hydrogens is 270 g/mol. The summed E-state index contributed by atoms with van der Waals surface area (Å²) >= 11 is 0. The van der Waals surface area contributed by atoms with Gasteiger partial charge in [-0.3, -0.25) is 9.59 Å². The predicted molar refractivity (Wildman–Crippen MR) is 80.3 cm³/mol. The minimum atomic E-state index is -0.240. The second-order valence-electron chi connectivity index (χ2n) is 4.29. The van der Waals surface area contributed by atoms with Gasteiger partial charge in [0.1, 0.15) is 12.4 Å². The van der Waals surface area contributed by atoms with E-state index < -0.39 is 0 Å². The van der Waals surface area contributed by atoms with Gasteiger partial charge in [0, 0.05) is 18.5 Å². The minimum absolute atomic E-state index is 0.172. The Labute approximate surface area is 124 Å². The van der Waals surface area contributed by atoms with Crippen molar-refractivity contribution >= 4 is 11.9 Å². The van der Waals surface area contributed by atoms with Gasteiger partial charge in [-0.1, -0.05) is 12.7 Å². The number of rotatable bonds is 9. The molecule has 1 N–H and O–H groups in total. The Bertz CT molecular complexity index is 468. The summed E-state index contributed by atoms with van der Waals surface area (Å²) < 4.78 is 10.1. The van der Waals surface area contributed by atoms with Crippen molar-refractivity contribution in [3.8, 4) is 5.75 Å². The van der Waals surface area contributed by atoms with E-state index in [9.17, 15) is 9.59 Å². The van der Waals surface area contributed by atoms with Crippen molar-refractivity contribution in [2.75, 3.05) is 19.8 Å². The SMILES string of the molecule is C=CCOc1ccc(C(=O)NCCCC(=O)OCC)cc1. The van der Waals surface area contributed by atoms with E-state index in [0.29, 0.717) is 43.9 Å². The monoisotopic (exact) mass is 291 g/mol. The summed E-state index contributed by atoms with van der Waals surface area (Å²) in [5.74, 6) is 0.276. The van der Waals surface area contributed by atoms with Gasteiger partial charge >= 0.3 is 5.97 Å². The van der Waals surface area contributed by atoms with E-state index in [0.717, 1.165) is 0 Å². The molecule has 0 aliphatic heterocycles. The van der Waals surface area contributed by atoms with Crippen LogP contribution >= 0.6 is 0 Å². The molecule has 0 aromatic heterocycles. The smallest absolute Gasteiger partial charge is 0.305 e. The third kappa shape index (κ3) is 6.61. The van der Waals surface area contributed by atoms with Gasteiger partial charge in [0.2, 0.25) is 0 Å². The number of nitrogens with one attached hydrogen (secondary N) is 1. The van der Waals surface area contributed by atoms with Gasteiger partial charge in [-0.05, 0) is 37.6 Å². The Morgan fingerprint density at radius 3 is 2.62 bits per heavy atom. The lowest BCUT2D eigenvalue weighted by molar-refractivity contribution is -0.143. The normalized spacial score (nSPS) is 9.76. The summed E-state index contributed by atoms with van der Waals surface area (Å²) in [7, 11) is 0. The Hall–Kier alpha value is -2.30. The Morgan fingerprint density at radius 2 is 2.00 bits per heavy atom. The molecule has 0 unspecified atom stereocenters. The lowest BCUT2D eigenvalue weighted by atomic mass is 10.2. The Kier molecular flexibility index (Phi) is 7.64. The number of hydrogen-bond donors (Lipinski definition) is 1. The van der Waals surface area contributed by atoms with E-state index in [2.05, 4.69) is 11.9 Å². The number of carbonyl (C=O) groups is 2. The Balaban J connectivity index is 2.31. The summed E-state index contributed by atoms with van der Waals surface area (Å²) in [6.45, 7) is 6.58. The van der Waals surface area contributed by atoms with Crippen molar-refractivity contribution in [2.45, 2.75) is 19.8 Å². The van der Waals surface area contributed by atoms with E-state index >= 15 is 0 Å². The summed E-state index contributed by atoms with van der Waals surface area (Å²) in [5.41, 5.74) is 0.553. The lowest BCUT2D eigenvalue weighted by Gasteiger charge is -2.07. The predicted octanol–water partition coefficient (Wildman–Crippen LogP) is 2.32. The zero-order valence-corrected chi connectivity index (χ0v) is 12.3. The standard InChI is InChI=1S/C16H21NO4/c1-3-12-21-14-9-7-13(8-10-14)16(19)17-11-5-6-15(18)20-4-2/h3,7-10H,1,4-6,11-12H2,2H3,(H,17,19). The summed E-state index contributed by atoms with van der Waals surface area (Å²) in [6.07, 6.45) is 2.53. The highest BCUT2D eigenvalue weighted by Crippen LogP contribution is 2.12. The van der Waals surface area contributed by atoms with Crippen LogP contribution in [0.4, 0.5) is 0 Å². The van der Waals surface area contributed by atoms with Crippen molar-refractivity contribution in [3.63, 3.8) is 0 Å². The maximum absolute atomic E-state index is 11.9. The maximum atomic E-state index is 11.9. The van der Waals surface area contributed by atoms with Crippen LogP contribution in [0.25, 0.3) is 0 Å². The molecule has 0 aliphatic carbocycles. The largest absolute Gasteiger partial charge is 0.490 e. The van der Waals surface area contributed by atoms with Crippen LogP contribution in [0.3, 0.4) is 0 Å². The van der Waals surface area contributed by atoms with Crippen LogP contribution in [-0.2, 0) is 9.53 Å². The number of hydrogen-bond acceptors (Lipinski definition) is 4. The fourth-order valence-corrected chi connectivity index (χ4v) is 1.63. The lowest BCUT2D eigenvalue weighted by Crippen LogP contribution is -2.25. The summed E-state index contributed by atoms with van der Waals surface area (Å²) in [4.78, 5) is 23.0. The van der Waals surface area contributed by atoms with Crippen LogP contribution in [0.5, 0.6) is 5.75 Å². The molecule has 1 aromatic rings. The third-order valence-electron chi connectivity index (χ3n) is 2.63. The maximum Gasteiger partial charge on any atom is 0.305 e. The van der Waals surface area contributed by atoms with Gasteiger partial charge in [0.05, 0.1) is 6.61 Å². The first kappa shape index (κ1) is 16.8. The molecule has 0 radical (unpaired) electrons. The highest BCUT2D eigenvalue weighted by Gasteiger charge is 2.06. The molecule has 1 aromatic carbocycles. The quantitative estimate of drug-likeness (QED) is 0.431. The van der Waals surface area contributed by atoms with E-state index in [-0.39, 0.29) is 11.9 Å². The first-order chi connectivity index (χ1) is 10.2. The van der Waals surface area contributed by atoms with E-state index in [1.807, 2.05) is 0 Å². The molecule has 0 bridgehead atoms. The molecule has 1 rings (SSSR count). The number of carbonyl (C=O) groups excluding carboxylic acids is 2. The zero-order chi connectivity index (χ0) is 15.5. The van der Waals surface area contributed by atoms with Gasteiger partial charge in [0.15, 0.2) is 0 Å². The molecule has 0 fully saturated rings. The molecule has 0 heterocycles. The molecule has 1 amide bonds. The molecule has 5 heteroatoms. The first-order valence-electron chi connectivity index (χ1n) is 6.95. The molecule has 114 valence electrons. The van der Waals surface area contributed by atoms with Crippen molar-refractivity contribution in [1.29, 1.82) is 0 Å². The minimum Gasteiger partial charge on any atom is -0.490 e. The van der Waals surface area contributed by atoms with Gasteiger partial charge < -0.3 is 14.8 Å². The van der Waals surface area contributed by atoms with Crippen molar-refractivity contribution in [2.24, 2.45) is 0 Å². The molecular formula is C16H21NO4. The Morgan fingerprint density at radius 1 is 1.29 bits per heavy atom. The fraction of sp³-hybridized carbons (Fsp3) is 0.375. The third-order valence-corrected chi connectivity index (χ3v) is 2.63. The topological polar surface area (TPSA) is 64.6 Å². The van der Waals surface area contributed by atoms with Gasteiger partial charge in [-0.2, -0.15) is 0 Å². The van der Waals surface area contributed by atoms with Gasteiger partial charge in [-0.25, -0.2) is 0 Å². The van der Waals surface area contributed by atoms with Crippen LogP contribution in [0.15, 0.2) is 36.9 Å². The summed E-state index contributed by atoms with van der Waals surface area (Å²) in [6, 6.07) is 6.85. The average Bonchev–Trinajstić information content (AvgIpc) is 2.50. The van der Waals surface area contributed by atoms with Crippen molar-refractivity contribution in [1.82, 2.24) is 5.32 Å². The van der Waals surface area contributed by atoms with Gasteiger partial charge in [0.25, 0.3) is 5.91 Å². The first-order valence-corrected chi connectivity index (χ1v) is 6.95. The van der Waals surface area contributed by atoms with Crippen LogP contribution in [0.1, 0.15) is 30.1 Å². The molecule has 0 saturated heterocycles. The van der Waals surface area contributed by atoms with E-state index in [4.69, 9.17) is 9.47 Å². The molecule has 0 aliphatic rings. The second kappa shape index (κ2) is 9.58. The zero-order valence-electron chi connectivity index (χ0n) is 12.3. The molecule has 5 nitrogen and oxygen atoms in total. The van der Waals surface area contributed by atoms with Crippen LogP contribution < -0.4 is 10.1 Å². The van der Waals surface area contributed by atoms with Crippen molar-refractivity contribution < 1.29 is 19.1 Å². The van der Waals surface area contributed by atoms with Crippen LogP contribution in [0, 0.1) is 0 Å². The number of ether oxygens (including phenoxy) is 2.